The number of hydrogen-bond donors (Lipinski definition) is 0. The third kappa shape index (κ3) is 3.53. The average Bonchev–Trinajstić information content (AvgIpc) is 3.39. The van der Waals surface area contributed by atoms with Gasteiger partial charge in [0.25, 0.3) is 0 Å². The molecule has 2 aromatic rings. The molecule has 4 rings (SSSR count). The molecule has 0 spiro atoms. The fourth-order valence-corrected chi connectivity index (χ4v) is 3.17. The summed E-state index contributed by atoms with van der Waals surface area (Å²) in [6.45, 7) is 4.97. The number of aromatic nitrogens is 2. The number of hydrogen-bond acceptors (Lipinski definition) is 6. The number of methoxy groups -OCH3 is 1. The normalized spacial score (nSPS) is 19.3. The molecule has 24 heavy (non-hydrogen) atoms. The summed E-state index contributed by atoms with van der Waals surface area (Å²) < 4.78 is 10.7. The second-order valence-corrected chi connectivity index (χ2v) is 6.67. The highest BCUT2D eigenvalue weighted by atomic mass is 16.5. The summed E-state index contributed by atoms with van der Waals surface area (Å²) in [7, 11) is 1.70. The highest BCUT2D eigenvalue weighted by Gasteiger charge is 2.30. The van der Waals surface area contributed by atoms with Crippen molar-refractivity contribution in [1.29, 1.82) is 0 Å². The topological polar surface area (TPSA) is 54.6 Å². The van der Waals surface area contributed by atoms with Gasteiger partial charge in [-0.1, -0.05) is 17.3 Å². The monoisotopic (exact) mass is 328 g/mol. The van der Waals surface area contributed by atoms with Crippen LogP contribution in [-0.4, -0.2) is 48.3 Å². The van der Waals surface area contributed by atoms with Gasteiger partial charge in [-0.2, -0.15) is 4.98 Å². The van der Waals surface area contributed by atoms with Crippen molar-refractivity contribution in [1.82, 2.24) is 15.0 Å². The van der Waals surface area contributed by atoms with E-state index < -0.39 is 0 Å². The van der Waals surface area contributed by atoms with E-state index >= 15 is 0 Å². The zero-order chi connectivity index (χ0) is 16.4. The van der Waals surface area contributed by atoms with E-state index in [4.69, 9.17) is 9.26 Å². The Morgan fingerprint density at radius 3 is 2.71 bits per heavy atom. The molecule has 1 saturated carbocycles. The zero-order valence-electron chi connectivity index (χ0n) is 14.1. The van der Waals surface area contributed by atoms with E-state index in [2.05, 4.69) is 32.1 Å². The fourth-order valence-electron chi connectivity index (χ4n) is 3.17. The Morgan fingerprint density at radius 2 is 1.96 bits per heavy atom. The Kier molecular flexibility index (Phi) is 4.38. The molecular weight excluding hydrogens is 304 g/mol. The molecule has 0 unspecified atom stereocenters. The van der Waals surface area contributed by atoms with Crippen molar-refractivity contribution in [3.63, 3.8) is 0 Å². The van der Waals surface area contributed by atoms with Gasteiger partial charge in [0.1, 0.15) is 5.75 Å². The molecule has 2 fully saturated rings. The third-order valence-electron chi connectivity index (χ3n) is 4.80. The van der Waals surface area contributed by atoms with E-state index in [-0.39, 0.29) is 0 Å². The molecule has 0 atom stereocenters. The van der Waals surface area contributed by atoms with E-state index in [0.717, 1.165) is 50.7 Å². The van der Waals surface area contributed by atoms with Crippen LogP contribution in [0.25, 0.3) is 0 Å². The van der Waals surface area contributed by atoms with Crippen LogP contribution in [0.1, 0.15) is 36.6 Å². The smallest absolute Gasteiger partial charge is 0.324 e. The Balaban J connectivity index is 1.34. The molecule has 128 valence electrons. The summed E-state index contributed by atoms with van der Waals surface area (Å²) in [6, 6.07) is 9.03. The minimum atomic E-state index is 0.543. The minimum absolute atomic E-state index is 0.543. The quantitative estimate of drug-likeness (QED) is 0.841. The predicted molar refractivity (Wildman–Crippen MR) is 91.4 cm³/mol. The summed E-state index contributed by atoms with van der Waals surface area (Å²) in [5, 5.41) is 4.13. The molecule has 6 heteroatoms. The van der Waals surface area contributed by atoms with Crippen molar-refractivity contribution < 1.29 is 9.26 Å². The van der Waals surface area contributed by atoms with Crippen molar-refractivity contribution in [2.75, 3.05) is 38.2 Å². The van der Waals surface area contributed by atoms with Crippen LogP contribution in [0.5, 0.6) is 5.75 Å². The molecule has 0 N–H and O–H groups in total. The molecule has 1 aliphatic heterocycles. The lowest BCUT2D eigenvalue weighted by Gasteiger charge is -2.20. The van der Waals surface area contributed by atoms with Gasteiger partial charge >= 0.3 is 6.01 Å². The second kappa shape index (κ2) is 6.81. The van der Waals surface area contributed by atoms with Gasteiger partial charge in [-0.3, -0.25) is 4.90 Å². The van der Waals surface area contributed by atoms with E-state index in [0.29, 0.717) is 11.9 Å². The lowest BCUT2D eigenvalue weighted by atomic mass is 10.2. The molecule has 0 radical (unpaired) electrons. The summed E-state index contributed by atoms with van der Waals surface area (Å²) in [4.78, 5) is 9.30. The van der Waals surface area contributed by atoms with E-state index in [9.17, 15) is 0 Å². The van der Waals surface area contributed by atoms with Crippen LogP contribution in [0.2, 0.25) is 0 Å². The number of anilines is 1. The minimum Gasteiger partial charge on any atom is -0.497 e. The Bertz CT molecular complexity index is 666. The van der Waals surface area contributed by atoms with Crippen molar-refractivity contribution >= 4 is 6.01 Å². The maximum absolute atomic E-state index is 5.47. The molecule has 1 aromatic carbocycles. The number of nitrogens with zero attached hydrogens (tertiary/aromatic N) is 4. The number of rotatable bonds is 5. The van der Waals surface area contributed by atoms with Crippen LogP contribution in [0.15, 0.2) is 28.8 Å². The molecule has 0 bridgehead atoms. The van der Waals surface area contributed by atoms with Crippen LogP contribution in [0, 0.1) is 0 Å². The van der Waals surface area contributed by atoms with Crippen molar-refractivity contribution in [2.24, 2.45) is 0 Å². The van der Waals surface area contributed by atoms with Crippen molar-refractivity contribution in [3.05, 3.63) is 35.7 Å². The molecule has 6 nitrogen and oxygen atoms in total. The SMILES string of the molecule is COc1ccc(CN2CCCN(c3nc(C4CC4)no3)CC2)cc1. The van der Waals surface area contributed by atoms with Gasteiger partial charge in [0.15, 0.2) is 5.82 Å². The van der Waals surface area contributed by atoms with E-state index in [1.165, 1.54) is 18.4 Å². The van der Waals surface area contributed by atoms with Crippen LogP contribution >= 0.6 is 0 Å². The molecule has 0 amide bonds. The van der Waals surface area contributed by atoms with Gasteiger partial charge in [0, 0.05) is 38.6 Å². The fraction of sp³-hybridized carbons (Fsp3) is 0.556. The maximum atomic E-state index is 5.47. The lowest BCUT2D eigenvalue weighted by Crippen LogP contribution is -2.30. The van der Waals surface area contributed by atoms with Crippen molar-refractivity contribution in [2.45, 2.75) is 31.7 Å². The standard InChI is InChI=1S/C18H24N4O2/c1-23-16-7-3-14(4-8-16)13-21-9-2-10-22(12-11-21)18-19-17(20-24-18)15-5-6-15/h3-4,7-8,15H,2,5-6,9-13H2,1H3. The Hall–Kier alpha value is -2.08. The Morgan fingerprint density at radius 1 is 1.12 bits per heavy atom. The van der Waals surface area contributed by atoms with Crippen LogP contribution in [0.3, 0.4) is 0 Å². The number of ether oxygens (including phenoxy) is 1. The van der Waals surface area contributed by atoms with Crippen LogP contribution < -0.4 is 9.64 Å². The maximum Gasteiger partial charge on any atom is 0.324 e. The first-order valence-electron chi connectivity index (χ1n) is 8.75. The largest absolute Gasteiger partial charge is 0.497 e. The van der Waals surface area contributed by atoms with Crippen LogP contribution in [-0.2, 0) is 6.54 Å². The first kappa shape index (κ1) is 15.4. The van der Waals surface area contributed by atoms with E-state index in [1.54, 1.807) is 7.11 Å². The molecule has 1 aliphatic carbocycles. The molecular formula is C18H24N4O2. The second-order valence-electron chi connectivity index (χ2n) is 6.67. The lowest BCUT2D eigenvalue weighted by molar-refractivity contribution is 0.285. The Labute approximate surface area is 142 Å². The summed E-state index contributed by atoms with van der Waals surface area (Å²) in [6.07, 6.45) is 3.51. The van der Waals surface area contributed by atoms with Gasteiger partial charge in [-0.25, -0.2) is 0 Å². The average molecular weight is 328 g/mol. The summed E-state index contributed by atoms with van der Waals surface area (Å²) in [5.74, 6) is 2.34. The summed E-state index contributed by atoms with van der Waals surface area (Å²) >= 11 is 0. The van der Waals surface area contributed by atoms with Gasteiger partial charge in [0.05, 0.1) is 7.11 Å². The number of benzene rings is 1. The molecule has 1 aromatic heterocycles. The highest BCUT2D eigenvalue weighted by molar-refractivity contribution is 5.28. The first-order valence-corrected chi connectivity index (χ1v) is 8.75. The molecule has 2 heterocycles. The van der Waals surface area contributed by atoms with Gasteiger partial charge in [-0.15, -0.1) is 0 Å². The van der Waals surface area contributed by atoms with Gasteiger partial charge in [0.2, 0.25) is 0 Å². The third-order valence-corrected chi connectivity index (χ3v) is 4.80. The zero-order valence-corrected chi connectivity index (χ0v) is 14.1. The van der Waals surface area contributed by atoms with Gasteiger partial charge in [-0.05, 0) is 37.0 Å². The molecule has 2 aliphatic rings. The predicted octanol–water partition coefficient (Wildman–Crippen LogP) is 2.67. The van der Waals surface area contributed by atoms with Crippen LogP contribution in [0.4, 0.5) is 6.01 Å². The summed E-state index contributed by atoms with van der Waals surface area (Å²) in [5.41, 5.74) is 1.32. The highest BCUT2D eigenvalue weighted by Crippen LogP contribution is 2.38. The molecule has 1 saturated heterocycles. The van der Waals surface area contributed by atoms with E-state index in [1.807, 2.05) is 12.1 Å². The first-order chi connectivity index (χ1) is 11.8. The van der Waals surface area contributed by atoms with Crippen molar-refractivity contribution in [3.8, 4) is 5.75 Å². The van der Waals surface area contributed by atoms with Gasteiger partial charge < -0.3 is 14.2 Å².